The zero-order valence-corrected chi connectivity index (χ0v) is 20.5. The lowest BCUT2D eigenvalue weighted by molar-refractivity contribution is 0.0949. The minimum atomic E-state index is -0.477. The van der Waals surface area contributed by atoms with Crippen molar-refractivity contribution >= 4 is 17.9 Å². The number of nitrogens with zero attached hydrogens (tertiary/aromatic N) is 3. The lowest BCUT2D eigenvalue weighted by atomic mass is 9.84. The van der Waals surface area contributed by atoms with Gasteiger partial charge in [0.05, 0.1) is 5.69 Å². The molecule has 2 heterocycles. The summed E-state index contributed by atoms with van der Waals surface area (Å²) in [5, 5.41) is 2.92. The second-order valence-corrected chi connectivity index (χ2v) is 9.53. The number of imidazole rings is 1. The largest absolute Gasteiger partial charge is 0.350 e. The second kappa shape index (κ2) is 11.1. The average molecular weight is 491 g/mol. The molecule has 0 spiro atoms. The van der Waals surface area contributed by atoms with Gasteiger partial charge < -0.3 is 5.32 Å². The van der Waals surface area contributed by atoms with Gasteiger partial charge >= 0.3 is 0 Å². The minimum Gasteiger partial charge on any atom is -0.350 e. The molecule has 1 N–H and O–H groups in total. The lowest BCUT2D eigenvalue weighted by Crippen LogP contribution is -2.27. The molecule has 0 bridgehead atoms. The molecule has 5 aromatic rings. The van der Waals surface area contributed by atoms with Gasteiger partial charge in [-0.25, -0.2) is 4.98 Å². The highest BCUT2D eigenvalue weighted by atomic mass is 32.2. The van der Waals surface area contributed by atoms with Crippen LogP contribution in [-0.2, 0) is 11.2 Å². The molecule has 5 nitrogen and oxygen atoms in total. The Balaban J connectivity index is 1.42. The van der Waals surface area contributed by atoms with E-state index in [2.05, 4.69) is 92.1 Å². The van der Waals surface area contributed by atoms with E-state index in [0.29, 0.717) is 18.7 Å². The Morgan fingerprint density at radius 1 is 0.750 bits per heavy atom. The summed E-state index contributed by atoms with van der Waals surface area (Å²) in [6, 6.07) is 37.0. The zero-order valence-electron chi connectivity index (χ0n) is 19.7. The molecule has 1 amide bonds. The molecule has 0 radical (unpaired) electrons. The van der Waals surface area contributed by atoms with Gasteiger partial charge in [-0.2, -0.15) is 0 Å². The lowest BCUT2D eigenvalue weighted by Gasteiger charge is -2.35. The van der Waals surface area contributed by atoms with Crippen molar-refractivity contribution in [1.29, 1.82) is 0 Å². The summed E-state index contributed by atoms with van der Waals surface area (Å²) in [6.45, 7) is 0.484. The van der Waals surface area contributed by atoms with E-state index in [9.17, 15) is 4.79 Å². The van der Waals surface area contributed by atoms with Crippen molar-refractivity contribution in [3.63, 3.8) is 0 Å². The van der Waals surface area contributed by atoms with Crippen molar-refractivity contribution in [3.8, 4) is 0 Å². The highest BCUT2D eigenvalue weighted by Gasteiger charge is 2.38. The molecule has 3 aromatic carbocycles. The number of amides is 1. The quantitative estimate of drug-likeness (QED) is 0.268. The van der Waals surface area contributed by atoms with E-state index in [1.165, 1.54) is 16.7 Å². The fourth-order valence-corrected chi connectivity index (χ4v) is 5.56. The van der Waals surface area contributed by atoms with E-state index >= 15 is 0 Å². The number of aromatic nitrogens is 3. The molecular formula is C30H26N4OS. The monoisotopic (exact) mass is 490 g/mol. The third kappa shape index (κ3) is 5.09. The van der Waals surface area contributed by atoms with Gasteiger partial charge in [-0.1, -0.05) is 97.1 Å². The summed E-state index contributed by atoms with van der Waals surface area (Å²) in [5.74, 6) is -0.180. The number of pyridine rings is 1. The third-order valence-electron chi connectivity index (χ3n) is 5.96. The van der Waals surface area contributed by atoms with Gasteiger partial charge in [-0.15, -0.1) is 0 Å². The van der Waals surface area contributed by atoms with Gasteiger partial charge in [-0.3, -0.25) is 13.8 Å². The smallest absolute Gasteiger partial charge is 0.269 e. The SMILES string of the molecule is O=C(NCCc1cn(SC(c2ccccc2)(c2ccccc2)c2ccccc2)cn1)c1ccccn1. The molecular weight excluding hydrogens is 464 g/mol. The third-order valence-corrected chi connectivity index (χ3v) is 7.35. The van der Waals surface area contributed by atoms with Gasteiger partial charge in [0, 0.05) is 25.4 Å². The number of hydrogen-bond acceptors (Lipinski definition) is 4. The molecule has 0 saturated heterocycles. The van der Waals surface area contributed by atoms with Gasteiger partial charge in [0.15, 0.2) is 0 Å². The number of carbonyl (C=O) groups is 1. The van der Waals surface area contributed by atoms with Crippen LogP contribution in [0.4, 0.5) is 0 Å². The highest BCUT2D eigenvalue weighted by molar-refractivity contribution is 7.99. The van der Waals surface area contributed by atoms with Gasteiger partial charge in [0.2, 0.25) is 0 Å². The average Bonchev–Trinajstić information content (AvgIpc) is 3.40. The molecule has 6 heteroatoms. The van der Waals surface area contributed by atoms with Crippen molar-refractivity contribution < 1.29 is 4.79 Å². The van der Waals surface area contributed by atoms with Crippen LogP contribution < -0.4 is 5.32 Å². The van der Waals surface area contributed by atoms with E-state index in [0.717, 1.165) is 5.69 Å². The first-order valence-electron chi connectivity index (χ1n) is 11.8. The van der Waals surface area contributed by atoms with E-state index in [4.69, 9.17) is 0 Å². The predicted molar refractivity (Wildman–Crippen MR) is 145 cm³/mol. The van der Waals surface area contributed by atoms with Gasteiger partial charge in [-0.05, 0) is 40.8 Å². The van der Waals surface area contributed by atoms with Gasteiger partial charge in [0.1, 0.15) is 16.8 Å². The molecule has 2 aromatic heterocycles. The Kier molecular flexibility index (Phi) is 7.24. The standard InChI is InChI=1S/C30H26N4OS/c35-29(28-18-10-11-20-31-28)32-21-19-27-22-34(23-33-27)36-30(24-12-4-1-5-13-24,25-14-6-2-7-15-25)26-16-8-3-9-17-26/h1-18,20,22-23H,19,21H2,(H,32,35). The van der Waals surface area contributed by atoms with Crippen LogP contribution in [0, 0.1) is 0 Å². The van der Waals surface area contributed by atoms with Crippen LogP contribution in [0.15, 0.2) is 128 Å². The first kappa shape index (κ1) is 23.6. The Bertz CT molecular complexity index is 1290. The van der Waals surface area contributed by atoms with Crippen LogP contribution in [-0.4, -0.2) is 26.4 Å². The molecule has 0 aliphatic rings. The number of nitrogens with one attached hydrogen (secondary N) is 1. The van der Waals surface area contributed by atoms with Crippen LogP contribution in [0.25, 0.3) is 0 Å². The summed E-state index contributed by atoms with van der Waals surface area (Å²) in [6.07, 6.45) is 6.14. The summed E-state index contributed by atoms with van der Waals surface area (Å²) in [5.41, 5.74) is 4.88. The summed E-state index contributed by atoms with van der Waals surface area (Å²) in [7, 11) is 0. The summed E-state index contributed by atoms with van der Waals surface area (Å²) >= 11 is 1.71. The number of carbonyl (C=O) groups excluding carboxylic acids is 1. The maximum Gasteiger partial charge on any atom is 0.269 e. The molecule has 0 fully saturated rings. The number of rotatable bonds is 9. The Morgan fingerprint density at radius 2 is 1.31 bits per heavy atom. The van der Waals surface area contributed by atoms with Crippen LogP contribution in [0.5, 0.6) is 0 Å². The van der Waals surface area contributed by atoms with Gasteiger partial charge in [0.25, 0.3) is 5.91 Å². The Labute approximate surface area is 215 Å². The molecule has 178 valence electrons. The van der Waals surface area contributed by atoms with Crippen LogP contribution in [0.1, 0.15) is 32.9 Å². The molecule has 36 heavy (non-hydrogen) atoms. The molecule has 0 saturated carbocycles. The summed E-state index contributed by atoms with van der Waals surface area (Å²) < 4.78 is 1.60. The van der Waals surface area contributed by atoms with E-state index < -0.39 is 4.75 Å². The molecule has 0 aliphatic heterocycles. The highest BCUT2D eigenvalue weighted by Crippen LogP contribution is 2.48. The normalized spacial score (nSPS) is 11.2. The van der Waals surface area contributed by atoms with Crippen molar-refractivity contribution in [2.75, 3.05) is 6.54 Å². The molecule has 0 aliphatic carbocycles. The topological polar surface area (TPSA) is 59.8 Å². The maximum atomic E-state index is 12.3. The predicted octanol–water partition coefficient (Wildman–Crippen LogP) is 5.74. The van der Waals surface area contributed by atoms with E-state index in [1.807, 2.05) is 30.7 Å². The Morgan fingerprint density at radius 3 is 1.83 bits per heavy atom. The summed E-state index contributed by atoms with van der Waals surface area (Å²) in [4.78, 5) is 21.0. The van der Waals surface area contributed by atoms with Crippen molar-refractivity contribution in [2.45, 2.75) is 11.2 Å². The molecule has 0 atom stereocenters. The minimum absolute atomic E-state index is 0.180. The first-order chi connectivity index (χ1) is 17.8. The fraction of sp³-hybridized carbons (Fsp3) is 0.100. The van der Waals surface area contributed by atoms with E-state index in [1.54, 1.807) is 36.3 Å². The first-order valence-corrected chi connectivity index (χ1v) is 12.6. The fourth-order valence-electron chi connectivity index (χ4n) is 4.25. The molecule has 5 rings (SSSR count). The van der Waals surface area contributed by atoms with Crippen molar-refractivity contribution in [3.05, 3.63) is 156 Å². The Hall–Kier alpha value is -4.16. The van der Waals surface area contributed by atoms with Crippen molar-refractivity contribution in [2.24, 2.45) is 0 Å². The van der Waals surface area contributed by atoms with E-state index in [-0.39, 0.29) is 5.91 Å². The maximum absolute atomic E-state index is 12.3. The zero-order chi connectivity index (χ0) is 24.6. The van der Waals surface area contributed by atoms with Crippen molar-refractivity contribution in [1.82, 2.24) is 19.3 Å². The van der Waals surface area contributed by atoms with Crippen LogP contribution in [0.2, 0.25) is 0 Å². The second-order valence-electron chi connectivity index (χ2n) is 8.32. The van der Waals surface area contributed by atoms with Crippen LogP contribution >= 0.6 is 11.9 Å². The van der Waals surface area contributed by atoms with Crippen LogP contribution in [0.3, 0.4) is 0 Å². The molecule has 0 unspecified atom stereocenters. The number of hydrogen-bond donors (Lipinski definition) is 1. The number of benzene rings is 3.